The third kappa shape index (κ3) is 3.16. The molecule has 15 heavy (non-hydrogen) atoms. The molecule has 0 bridgehead atoms. The molecule has 1 saturated heterocycles. The van der Waals surface area contributed by atoms with Gasteiger partial charge in [0.15, 0.2) is 0 Å². The van der Waals surface area contributed by atoms with E-state index in [2.05, 4.69) is 17.1 Å². The number of nitrogens with one attached hydrogen (secondary N) is 1. The largest absolute Gasteiger partial charge is 0.328 e. The van der Waals surface area contributed by atoms with Crippen LogP contribution in [0.4, 0.5) is 0 Å². The second kappa shape index (κ2) is 5.28. The molecule has 0 aromatic heterocycles. The number of hydrogen-bond acceptors (Lipinski definition) is 3. The van der Waals surface area contributed by atoms with Crippen LogP contribution in [-0.4, -0.2) is 42.7 Å². The van der Waals surface area contributed by atoms with Gasteiger partial charge in [-0.3, -0.25) is 4.90 Å². The van der Waals surface area contributed by atoms with E-state index in [9.17, 15) is 0 Å². The van der Waals surface area contributed by atoms with Crippen LogP contribution in [0.15, 0.2) is 0 Å². The van der Waals surface area contributed by atoms with Crippen LogP contribution in [0.25, 0.3) is 0 Å². The summed E-state index contributed by atoms with van der Waals surface area (Å²) in [7, 11) is 0. The molecule has 1 unspecified atom stereocenters. The zero-order valence-electron chi connectivity index (χ0n) is 9.91. The number of nitrogens with zero attached hydrogens (tertiary/aromatic N) is 1. The molecule has 3 heteroatoms. The number of piperidine rings is 1. The maximum Gasteiger partial charge on any atom is 0.0192 e. The highest BCUT2D eigenvalue weighted by Gasteiger charge is 2.26. The number of hydrogen-bond donors (Lipinski definition) is 2. The lowest BCUT2D eigenvalue weighted by atomic mass is 9.87. The van der Waals surface area contributed by atoms with Crippen LogP contribution >= 0.6 is 0 Å². The van der Waals surface area contributed by atoms with Crippen LogP contribution in [0.2, 0.25) is 0 Å². The van der Waals surface area contributed by atoms with Crippen LogP contribution in [0.1, 0.15) is 39.0 Å². The third-order valence-electron chi connectivity index (χ3n) is 3.89. The maximum atomic E-state index is 5.77. The van der Waals surface area contributed by atoms with E-state index in [4.69, 9.17) is 5.73 Å². The van der Waals surface area contributed by atoms with Gasteiger partial charge in [0, 0.05) is 24.7 Å². The molecule has 2 rings (SSSR count). The fourth-order valence-electron chi connectivity index (χ4n) is 2.65. The summed E-state index contributed by atoms with van der Waals surface area (Å²) in [4.78, 5) is 2.62. The van der Waals surface area contributed by atoms with Crippen molar-refractivity contribution in [3.05, 3.63) is 0 Å². The zero-order valence-corrected chi connectivity index (χ0v) is 9.91. The first-order valence-corrected chi connectivity index (χ1v) is 6.48. The minimum absolute atomic E-state index is 0.466. The molecule has 2 aliphatic rings. The normalized spacial score (nSPS) is 34.8. The van der Waals surface area contributed by atoms with Gasteiger partial charge in [-0.25, -0.2) is 0 Å². The van der Waals surface area contributed by atoms with Crippen molar-refractivity contribution in [1.29, 1.82) is 0 Å². The average molecular weight is 211 g/mol. The van der Waals surface area contributed by atoms with Crippen molar-refractivity contribution in [2.45, 2.75) is 57.2 Å². The Morgan fingerprint density at radius 2 is 1.93 bits per heavy atom. The highest BCUT2D eigenvalue weighted by Crippen LogP contribution is 2.18. The predicted octanol–water partition coefficient (Wildman–Crippen LogP) is 0.940. The van der Waals surface area contributed by atoms with E-state index in [1.165, 1.54) is 45.2 Å². The molecule has 1 saturated carbocycles. The lowest BCUT2D eigenvalue weighted by molar-refractivity contribution is 0.160. The van der Waals surface area contributed by atoms with Crippen LogP contribution in [-0.2, 0) is 0 Å². The van der Waals surface area contributed by atoms with Crippen molar-refractivity contribution in [3.63, 3.8) is 0 Å². The third-order valence-corrected chi connectivity index (χ3v) is 3.89. The molecule has 0 radical (unpaired) electrons. The molecular weight excluding hydrogens is 186 g/mol. The second-order valence-corrected chi connectivity index (χ2v) is 5.28. The van der Waals surface area contributed by atoms with Gasteiger partial charge in [-0.05, 0) is 45.7 Å². The molecule has 1 aliphatic carbocycles. The van der Waals surface area contributed by atoms with E-state index in [-0.39, 0.29) is 0 Å². The summed E-state index contributed by atoms with van der Waals surface area (Å²) in [5.41, 5.74) is 5.77. The fraction of sp³-hybridized carbons (Fsp3) is 1.00. The lowest BCUT2D eigenvalue weighted by Crippen LogP contribution is -2.52. The van der Waals surface area contributed by atoms with Gasteiger partial charge in [0.1, 0.15) is 0 Å². The van der Waals surface area contributed by atoms with Gasteiger partial charge in [0.05, 0.1) is 0 Å². The summed E-state index contributed by atoms with van der Waals surface area (Å²) in [5.74, 6) is 0. The zero-order chi connectivity index (χ0) is 10.7. The van der Waals surface area contributed by atoms with E-state index in [1.807, 2.05) is 0 Å². The SMILES string of the molecule is CC(CNC1CC(N)C1)N1CCCCC1. The van der Waals surface area contributed by atoms with Crippen molar-refractivity contribution in [3.8, 4) is 0 Å². The summed E-state index contributed by atoms with van der Waals surface area (Å²) in [6.07, 6.45) is 6.55. The Kier molecular flexibility index (Phi) is 4.00. The molecule has 3 nitrogen and oxygen atoms in total. The van der Waals surface area contributed by atoms with Crippen molar-refractivity contribution in [2.24, 2.45) is 5.73 Å². The summed E-state index contributed by atoms with van der Waals surface area (Å²) in [6.45, 7) is 6.08. The minimum atomic E-state index is 0.466. The maximum absolute atomic E-state index is 5.77. The van der Waals surface area contributed by atoms with Crippen LogP contribution < -0.4 is 11.1 Å². The van der Waals surface area contributed by atoms with Crippen LogP contribution in [0.3, 0.4) is 0 Å². The van der Waals surface area contributed by atoms with Gasteiger partial charge in [-0.1, -0.05) is 6.42 Å². The monoisotopic (exact) mass is 211 g/mol. The molecule has 1 aliphatic heterocycles. The van der Waals surface area contributed by atoms with E-state index in [1.54, 1.807) is 0 Å². The lowest BCUT2D eigenvalue weighted by Gasteiger charge is -2.37. The average Bonchev–Trinajstić information content (AvgIpc) is 2.23. The fourth-order valence-corrected chi connectivity index (χ4v) is 2.65. The molecule has 1 atom stereocenters. The number of likely N-dealkylation sites (tertiary alicyclic amines) is 1. The molecule has 1 heterocycles. The van der Waals surface area contributed by atoms with E-state index >= 15 is 0 Å². The smallest absolute Gasteiger partial charge is 0.0192 e. The standard InChI is InChI=1S/C12H25N3/c1-10(15-5-3-2-4-6-15)9-14-12-7-11(13)8-12/h10-12,14H,2-9,13H2,1H3. The topological polar surface area (TPSA) is 41.3 Å². The molecule has 88 valence electrons. The minimum Gasteiger partial charge on any atom is -0.328 e. The molecule has 0 aromatic carbocycles. The van der Waals surface area contributed by atoms with Crippen LogP contribution in [0, 0.1) is 0 Å². The summed E-state index contributed by atoms with van der Waals surface area (Å²) in [6, 6.07) is 1.86. The Labute approximate surface area is 93.4 Å². The second-order valence-electron chi connectivity index (χ2n) is 5.28. The molecular formula is C12H25N3. The number of rotatable bonds is 4. The molecule has 0 amide bonds. The van der Waals surface area contributed by atoms with E-state index in [0.717, 1.165) is 6.54 Å². The van der Waals surface area contributed by atoms with E-state index in [0.29, 0.717) is 18.1 Å². The first kappa shape index (κ1) is 11.4. The van der Waals surface area contributed by atoms with Gasteiger partial charge >= 0.3 is 0 Å². The Balaban J connectivity index is 1.61. The highest BCUT2D eigenvalue weighted by molar-refractivity contribution is 4.88. The molecule has 0 aromatic rings. The molecule has 0 spiro atoms. The van der Waals surface area contributed by atoms with Gasteiger partial charge < -0.3 is 11.1 Å². The Hall–Kier alpha value is -0.120. The van der Waals surface area contributed by atoms with Crippen molar-refractivity contribution >= 4 is 0 Å². The van der Waals surface area contributed by atoms with Crippen molar-refractivity contribution in [1.82, 2.24) is 10.2 Å². The van der Waals surface area contributed by atoms with Crippen molar-refractivity contribution < 1.29 is 0 Å². The van der Waals surface area contributed by atoms with Gasteiger partial charge in [-0.15, -0.1) is 0 Å². The Bertz CT molecular complexity index is 183. The first-order chi connectivity index (χ1) is 7.25. The highest BCUT2D eigenvalue weighted by atomic mass is 15.2. The summed E-state index contributed by atoms with van der Waals surface area (Å²) < 4.78 is 0. The number of nitrogens with two attached hydrogens (primary N) is 1. The van der Waals surface area contributed by atoms with Gasteiger partial charge in [0.25, 0.3) is 0 Å². The Morgan fingerprint density at radius 3 is 2.53 bits per heavy atom. The summed E-state index contributed by atoms with van der Waals surface area (Å²) >= 11 is 0. The molecule has 3 N–H and O–H groups in total. The molecule has 2 fully saturated rings. The van der Waals surface area contributed by atoms with E-state index < -0.39 is 0 Å². The Morgan fingerprint density at radius 1 is 1.27 bits per heavy atom. The first-order valence-electron chi connectivity index (χ1n) is 6.48. The van der Waals surface area contributed by atoms with Gasteiger partial charge in [0.2, 0.25) is 0 Å². The summed E-state index contributed by atoms with van der Waals surface area (Å²) in [5, 5.41) is 3.62. The quantitative estimate of drug-likeness (QED) is 0.727. The predicted molar refractivity (Wildman–Crippen MR) is 63.9 cm³/mol. The van der Waals surface area contributed by atoms with Gasteiger partial charge in [-0.2, -0.15) is 0 Å². The van der Waals surface area contributed by atoms with Crippen LogP contribution in [0.5, 0.6) is 0 Å². The van der Waals surface area contributed by atoms with Crippen molar-refractivity contribution in [2.75, 3.05) is 19.6 Å².